The number of benzene rings is 1. The Labute approximate surface area is 231 Å². The molecule has 2 aliphatic heterocycles. The maximum absolute atomic E-state index is 13.3. The van der Waals surface area contributed by atoms with Crippen molar-refractivity contribution in [1.82, 2.24) is 16.0 Å². The summed E-state index contributed by atoms with van der Waals surface area (Å²) in [5.74, 6) is -3.10. The van der Waals surface area contributed by atoms with Crippen LogP contribution in [0.4, 0.5) is 0 Å². The first-order valence-corrected chi connectivity index (χ1v) is 13.5. The van der Waals surface area contributed by atoms with Gasteiger partial charge in [-0.05, 0) is 50.2 Å². The van der Waals surface area contributed by atoms with Crippen molar-refractivity contribution in [2.24, 2.45) is 11.8 Å². The molecule has 4 unspecified atom stereocenters. The van der Waals surface area contributed by atoms with E-state index in [0.717, 1.165) is 6.42 Å². The van der Waals surface area contributed by atoms with Gasteiger partial charge in [-0.2, -0.15) is 0 Å². The van der Waals surface area contributed by atoms with Gasteiger partial charge in [0.2, 0.25) is 17.7 Å². The van der Waals surface area contributed by atoms with Crippen molar-refractivity contribution in [2.45, 2.75) is 64.1 Å². The monoisotopic (exact) mass is 569 g/mol. The Bertz CT molecular complexity index is 1040. The maximum atomic E-state index is 13.3. The third kappa shape index (κ3) is 8.15. The van der Waals surface area contributed by atoms with Crippen LogP contribution in [0, 0.1) is 11.8 Å². The summed E-state index contributed by atoms with van der Waals surface area (Å²) in [6.45, 7) is 4.09. The second kappa shape index (κ2) is 13.9. The van der Waals surface area contributed by atoms with Crippen LogP contribution in [-0.2, 0) is 28.7 Å². The van der Waals surface area contributed by atoms with Crippen LogP contribution in [0.3, 0.4) is 0 Å². The number of carbonyl (C=O) groups is 5. The summed E-state index contributed by atoms with van der Waals surface area (Å²) < 4.78 is 10.6. The summed E-state index contributed by atoms with van der Waals surface area (Å²) in [6.07, 6.45) is 1.56. The quantitative estimate of drug-likeness (QED) is 0.328. The molecule has 0 aromatic heterocycles. The summed E-state index contributed by atoms with van der Waals surface area (Å²) in [4.78, 5) is 63.8. The van der Waals surface area contributed by atoms with Gasteiger partial charge >= 0.3 is 5.97 Å². The summed E-state index contributed by atoms with van der Waals surface area (Å²) in [5.41, 5.74) is -0.0757. The number of halogens is 2. The van der Waals surface area contributed by atoms with E-state index in [1.165, 1.54) is 12.1 Å². The molecule has 1 aromatic rings. The first kappa shape index (κ1) is 29.9. The Morgan fingerprint density at radius 1 is 1.11 bits per heavy atom. The Morgan fingerprint density at radius 2 is 1.82 bits per heavy atom. The number of amides is 3. The molecule has 0 saturated carbocycles. The minimum atomic E-state index is -1.12. The molecule has 0 spiro atoms. The lowest BCUT2D eigenvalue weighted by atomic mass is 9.95. The predicted molar refractivity (Wildman–Crippen MR) is 140 cm³/mol. The number of rotatable bonds is 12. The zero-order valence-electron chi connectivity index (χ0n) is 21.4. The number of Topliss-reactive ketones (excluding diaryl/α,β-unsaturated/α-hetero) is 1. The van der Waals surface area contributed by atoms with Crippen LogP contribution < -0.4 is 16.0 Å². The van der Waals surface area contributed by atoms with E-state index in [4.69, 9.17) is 32.7 Å². The van der Waals surface area contributed by atoms with E-state index in [2.05, 4.69) is 16.0 Å². The molecule has 1 aromatic carbocycles. The molecule has 10 nitrogen and oxygen atoms in total. The molecule has 2 aliphatic rings. The minimum absolute atomic E-state index is 0.0227. The molecule has 12 heteroatoms. The normalized spacial score (nSPS) is 20.5. The van der Waals surface area contributed by atoms with Crippen LogP contribution in [0.2, 0.25) is 10.0 Å². The molecular formula is C26H33Cl2N3O7. The van der Waals surface area contributed by atoms with Crippen LogP contribution in [0.5, 0.6) is 0 Å². The Hall–Kier alpha value is -2.69. The van der Waals surface area contributed by atoms with Crippen LogP contribution >= 0.6 is 23.2 Å². The first-order chi connectivity index (χ1) is 18.1. The largest absolute Gasteiger partial charge is 0.454 e. The lowest BCUT2D eigenvalue weighted by Gasteiger charge is -2.25. The number of esters is 1. The van der Waals surface area contributed by atoms with Crippen LogP contribution in [0.1, 0.15) is 56.3 Å². The molecule has 0 aliphatic carbocycles. The van der Waals surface area contributed by atoms with Crippen molar-refractivity contribution in [1.29, 1.82) is 0 Å². The van der Waals surface area contributed by atoms with Crippen molar-refractivity contribution in [3.63, 3.8) is 0 Å². The number of hydrogen-bond acceptors (Lipinski definition) is 7. The van der Waals surface area contributed by atoms with E-state index in [1.807, 2.05) is 13.8 Å². The first-order valence-electron chi connectivity index (χ1n) is 12.7. The van der Waals surface area contributed by atoms with Gasteiger partial charge in [-0.1, -0.05) is 43.1 Å². The molecular weight excluding hydrogens is 537 g/mol. The molecule has 38 heavy (non-hydrogen) atoms. The number of ketones is 1. The van der Waals surface area contributed by atoms with Gasteiger partial charge in [0.25, 0.3) is 0 Å². The number of hydrogen-bond donors (Lipinski definition) is 3. The fourth-order valence-corrected chi connectivity index (χ4v) is 5.00. The molecule has 3 rings (SSSR count). The molecule has 0 radical (unpaired) electrons. The zero-order chi connectivity index (χ0) is 27.8. The second-order valence-corrected chi connectivity index (χ2v) is 10.7. The third-order valence-electron chi connectivity index (χ3n) is 6.46. The molecule has 4 atom stereocenters. The summed E-state index contributed by atoms with van der Waals surface area (Å²) in [6, 6.07) is 2.46. The highest BCUT2D eigenvalue weighted by Gasteiger charge is 2.35. The van der Waals surface area contributed by atoms with Crippen LogP contribution in [-0.4, -0.2) is 67.4 Å². The fraction of sp³-hybridized carbons (Fsp3) is 0.577. The Balaban J connectivity index is 1.71. The van der Waals surface area contributed by atoms with Crippen molar-refractivity contribution >= 4 is 52.7 Å². The van der Waals surface area contributed by atoms with Crippen molar-refractivity contribution in [3.8, 4) is 0 Å². The van der Waals surface area contributed by atoms with Crippen molar-refractivity contribution in [3.05, 3.63) is 33.8 Å². The molecule has 2 saturated heterocycles. The molecule has 0 bridgehead atoms. The Kier molecular flexibility index (Phi) is 10.9. The average Bonchev–Trinajstić information content (AvgIpc) is 3.53. The lowest BCUT2D eigenvalue weighted by molar-refractivity contribution is -0.136. The summed E-state index contributed by atoms with van der Waals surface area (Å²) >= 11 is 12.1. The van der Waals surface area contributed by atoms with Crippen LogP contribution in [0.25, 0.3) is 0 Å². The SMILES string of the molecule is CC(C)CC(NC(=O)C1CCCO1)C(=O)NC(CC1CCNC1=O)C(=O)COC(=O)c1c(Cl)cccc1Cl. The van der Waals surface area contributed by atoms with Gasteiger partial charge in [0.1, 0.15) is 12.1 Å². The van der Waals surface area contributed by atoms with Crippen molar-refractivity contribution < 1.29 is 33.4 Å². The number of ether oxygens (including phenoxy) is 2. The van der Waals surface area contributed by atoms with Gasteiger partial charge in [-0.15, -0.1) is 0 Å². The third-order valence-corrected chi connectivity index (χ3v) is 7.09. The van der Waals surface area contributed by atoms with E-state index in [9.17, 15) is 24.0 Å². The molecule has 2 fully saturated rings. The highest BCUT2D eigenvalue weighted by Crippen LogP contribution is 2.25. The topological polar surface area (TPSA) is 140 Å². The summed E-state index contributed by atoms with van der Waals surface area (Å²) in [7, 11) is 0. The molecule has 3 N–H and O–H groups in total. The molecule has 208 valence electrons. The molecule has 2 heterocycles. The highest BCUT2D eigenvalue weighted by atomic mass is 35.5. The highest BCUT2D eigenvalue weighted by molar-refractivity contribution is 6.39. The van der Waals surface area contributed by atoms with E-state index < -0.39 is 48.4 Å². The van der Waals surface area contributed by atoms with E-state index in [1.54, 1.807) is 6.07 Å². The van der Waals surface area contributed by atoms with Crippen molar-refractivity contribution in [2.75, 3.05) is 19.8 Å². The van der Waals surface area contributed by atoms with Gasteiger partial charge in [0, 0.05) is 19.1 Å². The minimum Gasteiger partial charge on any atom is -0.454 e. The van der Waals surface area contributed by atoms with Gasteiger partial charge < -0.3 is 25.4 Å². The van der Waals surface area contributed by atoms with E-state index in [-0.39, 0.29) is 39.8 Å². The van der Waals surface area contributed by atoms with E-state index >= 15 is 0 Å². The predicted octanol–water partition coefficient (Wildman–Crippen LogP) is 2.44. The number of nitrogens with one attached hydrogen (secondary N) is 3. The molecule has 3 amide bonds. The van der Waals surface area contributed by atoms with Gasteiger partial charge in [-0.25, -0.2) is 4.79 Å². The fourth-order valence-electron chi connectivity index (χ4n) is 4.45. The van der Waals surface area contributed by atoms with E-state index in [0.29, 0.717) is 32.4 Å². The van der Waals surface area contributed by atoms with Crippen LogP contribution in [0.15, 0.2) is 18.2 Å². The number of carbonyl (C=O) groups excluding carboxylic acids is 5. The smallest absolute Gasteiger partial charge is 0.341 e. The van der Waals surface area contributed by atoms with Gasteiger partial charge in [0.05, 0.1) is 21.7 Å². The van der Waals surface area contributed by atoms with Gasteiger partial charge in [-0.3, -0.25) is 19.2 Å². The summed E-state index contributed by atoms with van der Waals surface area (Å²) in [5, 5.41) is 8.27. The van der Waals surface area contributed by atoms with Gasteiger partial charge in [0.15, 0.2) is 12.4 Å². The average molecular weight is 570 g/mol. The zero-order valence-corrected chi connectivity index (χ0v) is 22.9. The maximum Gasteiger partial charge on any atom is 0.341 e. The second-order valence-electron chi connectivity index (χ2n) is 9.90. The standard InChI is InChI=1S/C26H33Cl2N3O7/c1-14(2)11-19(31-25(35)21-7-4-10-37-21)24(34)30-18(12-15-8-9-29-23(15)33)20(32)13-38-26(36)22-16(27)5-3-6-17(22)28/h3,5-6,14-15,18-19,21H,4,7-13H2,1-2H3,(H,29,33)(H,30,34)(H,31,35). The Morgan fingerprint density at radius 3 is 2.39 bits per heavy atom. The lowest BCUT2D eigenvalue weighted by Crippen LogP contribution is -2.54.